The number of benzene rings is 1. The smallest absolute Gasteiger partial charge is 0.258 e. The van der Waals surface area contributed by atoms with E-state index in [4.69, 9.17) is 27.9 Å². The fraction of sp³-hybridized carbons (Fsp3) is 0.231. The predicted octanol–water partition coefficient (Wildman–Crippen LogP) is 2.39. The van der Waals surface area contributed by atoms with E-state index in [9.17, 15) is 4.79 Å². The van der Waals surface area contributed by atoms with Gasteiger partial charge in [0.15, 0.2) is 6.61 Å². The molecule has 0 aliphatic rings. The van der Waals surface area contributed by atoms with Crippen LogP contribution in [0.1, 0.15) is 0 Å². The van der Waals surface area contributed by atoms with Gasteiger partial charge in [-0.3, -0.25) is 9.48 Å². The van der Waals surface area contributed by atoms with E-state index < -0.39 is 0 Å². The molecule has 0 spiro atoms. The third kappa shape index (κ3) is 4.75. The lowest BCUT2D eigenvalue weighted by molar-refractivity contribution is -0.123. The van der Waals surface area contributed by atoms with E-state index in [1.54, 1.807) is 41.3 Å². The number of halogens is 2. The molecule has 2 rings (SSSR count). The van der Waals surface area contributed by atoms with Crippen LogP contribution in [0.5, 0.6) is 5.75 Å². The van der Waals surface area contributed by atoms with Gasteiger partial charge in [0.2, 0.25) is 0 Å². The van der Waals surface area contributed by atoms with Gasteiger partial charge in [0.05, 0.1) is 17.8 Å². The highest BCUT2D eigenvalue weighted by Crippen LogP contribution is 2.15. The monoisotopic (exact) mass is 313 g/mol. The molecular weight excluding hydrogens is 301 g/mol. The first-order valence-electron chi connectivity index (χ1n) is 5.96. The summed E-state index contributed by atoms with van der Waals surface area (Å²) in [6, 6.07) is 6.83. The average Bonchev–Trinajstić information content (AvgIpc) is 2.84. The normalized spacial score (nSPS) is 10.3. The van der Waals surface area contributed by atoms with Crippen molar-refractivity contribution < 1.29 is 9.53 Å². The lowest BCUT2D eigenvalue weighted by atomic mass is 10.3. The quantitative estimate of drug-likeness (QED) is 0.891. The number of amides is 1. The fourth-order valence-electron chi connectivity index (χ4n) is 1.50. The number of carbonyl (C=O) groups is 1. The van der Waals surface area contributed by atoms with Crippen molar-refractivity contribution in [2.24, 2.45) is 0 Å². The second kappa shape index (κ2) is 7.17. The highest BCUT2D eigenvalue weighted by Gasteiger charge is 2.03. The highest BCUT2D eigenvalue weighted by molar-refractivity contribution is 6.30. The molecule has 0 aliphatic heterocycles. The Hall–Kier alpha value is -1.72. The molecule has 0 aliphatic carbocycles. The van der Waals surface area contributed by atoms with Gasteiger partial charge in [-0.1, -0.05) is 23.2 Å². The zero-order chi connectivity index (χ0) is 14.4. The third-order valence-electron chi connectivity index (χ3n) is 2.45. The van der Waals surface area contributed by atoms with Gasteiger partial charge in [0.1, 0.15) is 5.75 Å². The van der Waals surface area contributed by atoms with Gasteiger partial charge in [0.25, 0.3) is 5.91 Å². The Morgan fingerprint density at radius 2 is 2.00 bits per heavy atom. The summed E-state index contributed by atoms with van der Waals surface area (Å²) in [4.78, 5) is 11.6. The Bertz CT molecular complexity index is 569. The van der Waals surface area contributed by atoms with E-state index in [0.29, 0.717) is 28.9 Å². The van der Waals surface area contributed by atoms with Crippen molar-refractivity contribution in [3.05, 3.63) is 46.7 Å². The molecule has 0 radical (unpaired) electrons. The Kier molecular flexibility index (Phi) is 5.26. The summed E-state index contributed by atoms with van der Waals surface area (Å²) in [7, 11) is 0. The molecule has 20 heavy (non-hydrogen) atoms. The van der Waals surface area contributed by atoms with Crippen molar-refractivity contribution >= 4 is 29.1 Å². The molecule has 0 saturated heterocycles. The number of hydrogen-bond acceptors (Lipinski definition) is 3. The molecule has 2 aromatic rings. The van der Waals surface area contributed by atoms with Crippen LogP contribution in [0.3, 0.4) is 0 Å². The molecule has 0 bridgehead atoms. The second-order valence-corrected chi connectivity index (χ2v) is 4.89. The number of nitrogens with zero attached hydrogens (tertiary/aromatic N) is 2. The molecule has 7 heteroatoms. The molecular formula is C13H13Cl2N3O2. The first kappa shape index (κ1) is 14.7. The summed E-state index contributed by atoms with van der Waals surface area (Å²) in [6.07, 6.45) is 3.24. The van der Waals surface area contributed by atoms with Crippen LogP contribution in [-0.4, -0.2) is 28.8 Å². The van der Waals surface area contributed by atoms with Crippen LogP contribution in [0.2, 0.25) is 10.0 Å². The van der Waals surface area contributed by atoms with Gasteiger partial charge in [-0.15, -0.1) is 0 Å². The van der Waals surface area contributed by atoms with Gasteiger partial charge < -0.3 is 10.1 Å². The summed E-state index contributed by atoms with van der Waals surface area (Å²) in [5, 5.41) is 7.93. The van der Waals surface area contributed by atoms with Crippen molar-refractivity contribution in [1.82, 2.24) is 15.1 Å². The average molecular weight is 314 g/mol. The summed E-state index contributed by atoms with van der Waals surface area (Å²) in [5.74, 6) is 0.404. The Balaban J connectivity index is 1.66. The van der Waals surface area contributed by atoms with Crippen LogP contribution >= 0.6 is 23.2 Å². The maximum absolute atomic E-state index is 11.6. The molecule has 1 aromatic heterocycles. The molecule has 1 aromatic carbocycles. The maximum atomic E-state index is 11.6. The van der Waals surface area contributed by atoms with Gasteiger partial charge >= 0.3 is 0 Å². The molecule has 0 saturated carbocycles. The predicted molar refractivity (Wildman–Crippen MR) is 77.2 cm³/mol. The Morgan fingerprint density at radius 1 is 1.25 bits per heavy atom. The SMILES string of the molecule is O=C(COc1ccc(Cl)cc1)NCCn1cc(Cl)cn1. The summed E-state index contributed by atoms with van der Waals surface area (Å²) in [5.41, 5.74) is 0. The van der Waals surface area contributed by atoms with Crippen LogP contribution in [0.25, 0.3) is 0 Å². The van der Waals surface area contributed by atoms with Crippen molar-refractivity contribution in [2.75, 3.05) is 13.2 Å². The van der Waals surface area contributed by atoms with Crippen LogP contribution in [0.15, 0.2) is 36.7 Å². The van der Waals surface area contributed by atoms with Crippen LogP contribution in [0.4, 0.5) is 0 Å². The molecule has 0 fully saturated rings. The first-order chi connectivity index (χ1) is 9.63. The van der Waals surface area contributed by atoms with Gasteiger partial charge in [-0.25, -0.2) is 0 Å². The van der Waals surface area contributed by atoms with Crippen molar-refractivity contribution in [3.8, 4) is 5.75 Å². The Labute approximate surface area is 126 Å². The molecule has 1 N–H and O–H groups in total. The number of carbonyl (C=O) groups excluding carboxylic acids is 1. The highest BCUT2D eigenvalue weighted by atomic mass is 35.5. The van der Waals surface area contributed by atoms with E-state index >= 15 is 0 Å². The van der Waals surface area contributed by atoms with Gasteiger partial charge in [-0.05, 0) is 24.3 Å². The number of rotatable bonds is 6. The number of hydrogen-bond donors (Lipinski definition) is 1. The molecule has 5 nitrogen and oxygen atoms in total. The minimum atomic E-state index is -0.196. The van der Waals surface area contributed by atoms with E-state index in [1.165, 1.54) is 0 Å². The van der Waals surface area contributed by atoms with E-state index in [-0.39, 0.29) is 12.5 Å². The standard InChI is InChI=1S/C13H13Cl2N3O2/c14-10-1-3-12(4-2-10)20-9-13(19)16-5-6-18-8-11(15)7-17-18/h1-4,7-8H,5-6,9H2,(H,16,19). The van der Waals surface area contributed by atoms with Crippen molar-refractivity contribution in [2.45, 2.75) is 6.54 Å². The topological polar surface area (TPSA) is 56.1 Å². The molecule has 106 valence electrons. The maximum Gasteiger partial charge on any atom is 0.258 e. The first-order valence-corrected chi connectivity index (χ1v) is 6.72. The van der Waals surface area contributed by atoms with E-state index in [0.717, 1.165) is 0 Å². The molecule has 0 unspecified atom stereocenters. The molecule has 0 atom stereocenters. The number of aromatic nitrogens is 2. The Morgan fingerprint density at radius 3 is 2.65 bits per heavy atom. The van der Waals surface area contributed by atoms with E-state index in [2.05, 4.69) is 10.4 Å². The van der Waals surface area contributed by atoms with Crippen molar-refractivity contribution in [1.29, 1.82) is 0 Å². The van der Waals surface area contributed by atoms with Crippen LogP contribution < -0.4 is 10.1 Å². The van der Waals surface area contributed by atoms with Crippen LogP contribution in [-0.2, 0) is 11.3 Å². The minimum Gasteiger partial charge on any atom is -0.484 e. The largest absolute Gasteiger partial charge is 0.484 e. The summed E-state index contributed by atoms with van der Waals surface area (Å²) in [6.45, 7) is 0.974. The molecule has 1 heterocycles. The minimum absolute atomic E-state index is 0.0402. The fourth-order valence-corrected chi connectivity index (χ4v) is 1.78. The zero-order valence-electron chi connectivity index (χ0n) is 10.6. The zero-order valence-corrected chi connectivity index (χ0v) is 12.1. The lowest BCUT2D eigenvalue weighted by Gasteiger charge is -2.07. The van der Waals surface area contributed by atoms with Crippen molar-refractivity contribution in [3.63, 3.8) is 0 Å². The molecule has 1 amide bonds. The number of ether oxygens (including phenoxy) is 1. The van der Waals surface area contributed by atoms with Gasteiger partial charge in [-0.2, -0.15) is 5.10 Å². The van der Waals surface area contributed by atoms with E-state index in [1.807, 2.05) is 0 Å². The summed E-state index contributed by atoms with van der Waals surface area (Å²) >= 11 is 11.5. The number of nitrogens with one attached hydrogen (secondary N) is 1. The third-order valence-corrected chi connectivity index (χ3v) is 2.90. The van der Waals surface area contributed by atoms with Crippen LogP contribution in [0, 0.1) is 0 Å². The van der Waals surface area contributed by atoms with Gasteiger partial charge in [0, 0.05) is 17.8 Å². The second-order valence-electron chi connectivity index (χ2n) is 4.01. The lowest BCUT2D eigenvalue weighted by Crippen LogP contribution is -2.31. The summed E-state index contributed by atoms with van der Waals surface area (Å²) < 4.78 is 6.97.